The van der Waals surface area contributed by atoms with Gasteiger partial charge in [-0.25, -0.2) is 0 Å². The molecule has 3 aromatic carbocycles. The summed E-state index contributed by atoms with van der Waals surface area (Å²) in [5.74, 6) is -0.714. The number of benzene rings is 3. The standard InChI is InChI=1S/C30H28BrN3O6S2/c1-17-10-22(31)23(11-18(17)2)33-28(36)16-40-24-9-8-19(12-25(24)39-3)13-26-29(37)34(30(38)42-26)15-27(35)32-20-6-5-7-21(14-20)41-4/h5-14H,15-16H2,1-4H3,(H,32,35)(H,33,36)/b26-13+. The fraction of sp³-hybridized carbons (Fsp3) is 0.200. The lowest BCUT2D eigenvalue weighted by atomic mass is 10.1. The maximum absolute atomic E-state index is 13.0. The van der Waals surface area contributed by atoms with Crippen LogP contribution in [0.2, 0.25) is 0 Å². The van der Waals surface area contributed by atoms with Gasteiger partial charge in [0.05, 0.1) is 17.7 Å². The van der Waals surface area contributed by atoms with Gasteiger partial charge in [0, 0.05) is 15.1 Å². The number of thioether (sulfide) groups is 2. The van der Waals surface area contributed by atoms with E-state index < -0.39 is 23.6 Å². The lowest BCUT2D eigenvalue weighted by Gasteiger charge is -2.13. The molecule has 4 amide bonds. The van der Waals surface area contributed by atoms with Gasteiger partial charge in [0.25, 0.3) is 17.1 Å². The maximum Gasteiger partial charge on any atom is 0.294 e. The molecule has 0 radical (unpaired) electrons. The van der Waals surface area contributed by atoms with Crippen LogP contribution in [0, 0.1) is 13.8 Å². The molecule has 2 N–H and O–H groups in total. The molecule has 42 heavy (non-hydrogen) atoms. The van der Waals surface area contributed by atoms with Gasteiger partial charge in [0.2, 0.25) is 5.91 Å². The fourth-order valence-corrected chi connectivity index (χ4v) is 5.79. The number of carbonyl (C=O) groups is 4. The van der Waals surface area contributed by atoms with Crippen LogP contribution in [0.4, 0.5) is 16.2 Å². The number of nitrogens with one attached hydrogen (secondary N) is 2. The maximum atomic E-state index is 13.0. The first-order valence-electron chi connectivity index (χ1n) is 12.6. The molecule has 9 nitrogen and oxygen atoms in total. The highest BCUT2D eigenvalue weighted by Gasteiger charge is 2.36. The van der Waals surface area contributed by atoms with Crippen molar-refractivity contribution in [2.24, 2.45) is 0 Å². The lowest BCUT2D eigenvalue weighted by molar-refractivity contribution is -0.127. The van der Waals surface area contributed by atoms with Gasteiger partial charge >= 0.3 is 0 Å². The van der Waals surface area contributed by atoms with E-state index in [-0.39, 0.29) is 17.4 Å². The fourth-order valence-electron chi connectivity index (χ4n) is 3.93. The molecule has 1 fully saturated rings. The molecule has 1 aliphatic rings. The number of anilines is 2. The van der Waals surface area contributed by atoms with Crippen LogP contribution < -0.4 is 20.1 Å². The molecule has 4 rings (SSSR count). The van der Waals surface area contributed by atoms with Crippen molar-refractivity contribution in [1.29, 1.82) is 0 Å². The normalized spacial score (nSPS) is 13.8. The van der Waals surface area contributed by atoms with Gasteiger partial charge in [-0.15, -0.1) is 11.8 Å². The van der Waals surface area contributed by atoms with Crippen molar-refractivity contribution >= 4 is 79.9 Å². The highest BCUT2D eigenvalue weighted by molar-refractivity contribution is 9.10. The average molecular weight is 671 g/mol. The van der Waals surface area contributed by atoms with E-state index in [4.69, 9.17) is 9.47 Å². The van der Waals surface area contributed by atoms with Crippen molar-refractivity contribution in [3.63, 3.8) is 0 Å². The zero-order valence-corrected chi connectivity index (χ0v) is 26.5. The second-order valence-corrected chi connectivity index (χ2v) is 11.9. The number of hydrogen-bond donors (Lipinski definition) is 2. The summed E-state index contributed by atoms with van der Waals surface area (Å²) in [7, 11) is 1.46. The molecule has 0 atom stereocenters. The Bertz CT molecular complexity index is 1590. The Morgan fingerprint density at radius 3 is 2.50 bits per heavy atom. The van der Waals surface area contributed by atoms with Crippen molar-refractivity contribution in [1.82, 2.24) is 4.90 Å². The molecular weight excluding hydrogens is 642 g/mol. The van der Waals surface area contributed by atoms with E-state index in [1.54, 1.807) is 30.3 Å². The van der Waals surface area contributed by atoms with Crippen molar-refractivity contribution < 1.29 is 28.7 Å². The zero-order valence-electron chi connectivity index (χ0n) is 23.3. The van der Waals surface area contributed by atoms with Gasteiger partial charge in [-0.3, -0.25) is 24.1 Å². The first-order chi connectivity index (χ1) is 20.1. The van der Waals surface area contributed by atoms with Gasteiger partial charge in [-0.1, -0.05) is 12.1 Å². The van der Waals surface area contributed by atoms with Crippen LogP contribution in [0.25, 0.3) is 6.08 Å². The SMILES string of the molecule is COc1cc(/C=C2/SC(=O)N(CC(=O)Nc3cccc(SC)c3)C2=O)ccc1OCC(=O)Nc1cc(C)c(C)cc1Br. The minimum Gasteiger partial charge on any atom is -0.493 e. The summed E-state index contributed by atoms with van der Waals surface area (Å²) < 4.78 is 11.9. The molecule has 0 bridgehead atoms. The number of imide groups is 1. The molecule has 3 aromatic rings. The number of carbonyl (C=O) groups excluding carboxylic acids is 4. The first kappa shape index (κ1) is 31.2. The third-order valence-electron chi connectivity index (χ3n) is 6.23. The van der Waals surface area contributed by atoms with E-state index in [0.717, 1.165) is 37.2 Å². The van der Waals surface area contributed by atoms with Crippen LogP contribution >= 0.6 is 39.5 Å². The van der Waals surface area contributed by atoms with Gasteiger partial charge in [0.1, 0.15) is 6.54 Å². The second-order valence-electron chi connectivity index (χ2n) is 9.21. The second kappa shape index (κ2) is 14.0. The number of ether oxygens (including phenoxy) is 2. The predicted octanol–water partition coefficient (Wildman–Crippen LogP) is 6.49. The third-order valence-corrected chi connectivity index (χ3v) is 8.52. The highest BCUT2D eigenvalue weighted by atomic mass is 79.9. The molecule has 0 aliphatic carbocycles. The highest BCUT2D eigenvalue weighted by Crippen LogP contribution is 2.35. The van der Waals surface area contributed by atoms with E-state index in [9.17, 15) is 19.2 Å². The molecule has 0 unspecified atom stereocenters. The van der Waals surface area contributed by atoms with E-state index in [1.807, 2.05) is 50.4 Å². The van der Waals surface area contributed by atoms with Crippen LogP contribution in [0.1, 0.15) is 16.7 Å². The van der Waals surface area contributed by atoms with Gasteiger partial charge in [-0.2, -0.15) is 0 Å². The summed E-state index contributed by atoms with van der Waals surface area (Å²) in [6.45, 7) is 3.30. The Hall–Kier alpha value is -3.74. The van der Waals surface area contributed by atoms with Crippen molar-refractivity contribution in [3.05, 3.63) is 80.7 Å². The molecule has 0 saturated carbocycles. The Kier molecular flexibility index (Phi) is 10.4. The van der Waals surface area contributed by atoms with Crippen LogP contribution in [0.5, 0.6) is 11.5 Å². The van der Waals surface area contributed by atoms with Crippen LogP contribution in [0.3, 0.4) is 0 Å². The van der Waals surface area contributed by atoms with Crippen molar-refractivity contribution in [2.75, 3.05) is 37.2 Å². The lowest BCUT2D eigenvalue weighted by Crippen LogP contribution is -2.36. The van der Waals surface area contributed by atoms with Crippen LogP contribution in [0.15, 0.2) is 68.9 Å². The van der Waals surface area contributed by atoms with E-state index >= 15 is 0 Å². The molecule has 0 spiro atoms. The summed E-state index contributed by atoms with van der Waals surface area (Å²) in [5, 5.41) is 5.01. The topological polar surface area (TPSA) is 114 Å². The Balaban J connectivity index is 1.38. The Morgan fingerprint density at radius 2 is 1.76 bits per heavy atom. The Morgan fingerprint density at radius 1 is 1.00 bits per heavy atom. The Labute approximate surface area is 260 Å². The minimum absolute atomic E-state index is 0.172. The third kappa shape index (κ3) is 7.75. The number of halogens is 1. The summed E-state index contributed by atoms with van der Waals surface area (Å²) in [4.78, 5) is 52.6. The molecule has 1 aliphatic heterocycles. The number of hydrogen-bond acceptors (Lipinski definition) is 8. The first-order valence-corrected chi connectivity index (χ1v) is 15.5. The van der Waals surface area contributed by atoms with Gasteiger partial charge in [-0.05, 0) is 113 Å². The van der Waals surface area contributed by atoms with E-state index in [1.165, 1.54) is 18.9 Å². The zero-order chi connectivity index (χ0) is 30.4. The summed E-state index contributed by atoms with van der Waals surface area (Å²) in [5.41, 5.74) is 3.95. The smallest absolute Gasteiger partial charge is 0.294 e. The molecule has 218 valence electrons. The average Bonchev–Trinajstić information content (AvgIpc) is 3.22. The predicted molar refractivity (Wildman–Crippen MR) is 170 cm³/mol. The summed E-state index contributed by atoms with van der Waals surface area (Å²) in [6, 6.07) is 16.0. The summed E-state index contributed by atoms with van der Waals surface area (Å²) >= 11 is 5.75. The monoisotopic (exact) mass is 669 g/mol. The van der Waals surface area contributed by atoms with Crippen LogP contribution in [-0.2, 0) is 14.4 Å². The number of amides is 4. The largest absolute Gasteiger partial charge is 0.493 e. The van der Waals surface area contributed by atoms with E-state index in [0.29, 0.717) is 28.4 Å². The summed E-state index contributed by atoms with van der Waals surface area (Å²) in [6.07, 6.45) is 3.47. The molecule has 12 heteroatoms. The number of rotatable bonds is 10. The van der Waals surface area contributed by atoms with Crippen molar-refractivity contribution in [3.8, 4) is 11.5 Å². The minimum atomic E-state index is -0.563. The number of aryl methyl sites for hydroxylation is 2. The number of nitrogens with zero attached hydrogens (tertiary/aromatic N) is 1. The number of methoxy groups -OCH3 is 1. The molecule has 1 saturated heterocycles. The molecule has 1 heterocycles. The van der Waals surface area contributed by atoms with Crippen LogP contribution in [-0.4, -0.2) is 54.4 Å². The van der Waals surface area contributed by atoms with Crippen molar-refractivity contribution in [2.45, 2.75) is 18.7 Å². The van der Waals surface area contributed by atoms with Gasteiger partial charge in [0.15, 0.2) is 18.1 Å². The van der Waals surface area contributed by atoms with E-state index in [2.05, 4.69) is 26.6 Å². The molecular formula is C30H28BrN3O6S2. The quantitative estimate of drug-likeness (QED) is 0.186. The molecule has 0 aromatic heterocycles. The van der Waals surface area contributed by atoms with Gasteiger partial charge < -0.3 is 20.1 Å².